The van der Waals surface area contributed by atoms with Gasteiger partial charge in [0.25, 0.3) is 0 Å². The second-order valence-electron chi connectivity index (χ2n) is 14.4. The van der Waals surface area contributed by atoms with Crippen LogP contribution in [0, 0.1) is 22.7 Å². The number of nitriles is 2. The van der Waals surface area contributed by atoms with E-state index in [0.717, 1.165) is 36.8 Å². The van der Waals surface area contributed by atoms with Crippen LogP contribution in [0.4, 0.5) is 0 Å². The number of methoxy groups -OCH3 is 3. The third-order valence-corrected chi connectivity index (χ3v) is 12.1. The lowest BCUT2D eigenvalue weighted by Crippen LogP contribution is -2.61. The fraction of sp³-hybridized carbons (Fsp3) is 0.641. The monoisotopic (exact) mass is 642 g/mol. The van der Waals surface area contributed by atoms with Gasteiger partial charge < -0.3 is 28.8 Å². The Morgan fingerprint density at radius 1 is 0.596 bits per heavy atom. The van der Waals surface area contributed by atoms with Crippen molar-refractivity contribution < 1.29 is 28.8 Å². The van der Waals surface area contributed by atoms with Gasteiger partial charge in [0.05, 0.1) is 60.6 Å². The molecular formula is C39H50N2O6. The summed E-state index contributed by atoms with van der Waals surface area (Å²) in [6.45, 7) is 0. The summed E-state index contributed by atoms with van der Waals surface area (Å²) >= 11 is 0. The van der Waals surface area contributed by atoms with Gasteiger partial charge in [0.15, 0.2) is 23.0 Å². The SMILES string of the molecule is COc1ccc(C2(C#N)CCC(O)(C3(OC)CCC(C#N)(c4ccc(OC)c(OC5CCCC5)c4)CC3)CC2)cc1OC1CCCC1. The highest BCUT2D eigenvalue weighted by molar-refractivity contribution is 5.49. The molecular weight excluding hydrogens is 592 g/mol. The molecule has 8 heteroatoms. The van der Waals surface area contributed by atoms with Crippen molar-refractivity contribution >= 4 is 0 Å². The first kappa shape index (κ1) is 33.4. The minimum atomic E-state index is -1.12. The molecule has 0 heterocycles. The van der Waals surface area contributed by atoms with Crippen LogP contribution in [0.1, 0.15) is 114 Å². The Hall–Kier alpha value is -3.46. The molecule has 8 nitrogen and oxygen atoms in total. The Morgan fingerprint density at radius 3 is 1.36 bits per heavy atom. The van der Waals surface area contributed by atoms with Crippen molar-refractivity contribution in [3.05, 3.63) is 47.5 Å². The summed E-state index contributed by atoms with van der Waals surface area (Å²) in [6.07, 6.45) is 13.2. The van der Waals surface area contributed by atoms with Crippen LogP contribution in [-0.4, -0.2) is 49.8 Å². The highest BCUT2D eigenvalue weighted by atomic mass is 16.5. The second-order valence-corrected chi connectivity index (χ2v) is 14.4. The third-order valence-electron chi connectivity index (χ3n) is 12.1. The quantitative estimate of drug-likeness (QED) is 0.279. The van der Waals surface area contributed by atoms with Gasteiger partial charge >= 0.3 is 0 Å². The average molecular weight is 643 g/mol. The molecule has 2 aromatic rings. The topological polar surface area (TPSA) is 114 Å². The number of hydrogen-bond acceptors (Lipinski definition) is 8. The molecule has 4 fully saturated rings. The molecule has 0 aliphatic heterocycles. The Kier molecular flexibility index (Phi) is 9.66. The molecule has 1 N–H and O–H groups in total. The summed E-state index contributed by atoms with van der Waals surface area (Å²) in [6, 6.07) is 17.0. The summed E-state index contributed by atoms with van der Waals surface area (Å²) in [4.78, 5) is 0. The van der Waals surface area contributed by atoms with Crippen molar-refractivity contribution in [1.82, 2.24) is 0 Å². The highest BCUT2D eigenvalue weighted by Gasteiger charge is 2.58. The van der Waals surface area contributed by atoms with Crippen molar-refractivity contribution in [2.45, 2.75) is 137 Å². The van der Waals surface area contributed by atoms with Gasteiger partial charge in [-0.05, 0) is 138 Å². The van der Waals surface area contributed by atoms with Crippen molar-refractivity contribution in [2.75, 3.05) is 21.3 Å². The average Bonchev–Trinajstić information content (AvgIpc) is 3.84. The molecule has 4 aliphatic rings. The first-order chi connectivity index (χ1) is 22.8. The van der Waals surface area contributed by atoms with E-state index in [1.165, 1.54) is 25.7 Å². The summed E-state index contributed by atoms with van der Waals surface area (Å²) in [7, 11) is 4.97. The minimum Gasteiger partial charge on any atom is -0.493 e. The first-order valence-corrected chi connectivity index (χ1v) is 17.6. The maximum atomic E-state index is 12.3. The van der Waals surface area contributed by atoms with E-state index < -0.39 is 22.0 Å². The molecule has 4 aliphatic carbocycles. The Labute approximate surface area is 279 Å². The van der Waals surface area contributed by atoms with Crippen LogP contribution in [0.5, 0.6) is 23.0 Å². The standard InChI is InChI=1S/C39H50N2O6/c1-43-32-14-12-28(24-34(32)46-30-8-4-5-9-30)36(26-40)16-20-38(42,21-17-36)39(45-3)22-18-37(27-41,19-23-39)29-13-15-33(44-2)35(25-29)47-31-10-6-7-11-31/h12-15,24-25,30-31,42H,4-11,16-23H2,1-3H3. The van der Waals surface area contributed by atoms with Gasteiger partial charge in [-0.25, -0.2) is 0 Å². The van der Waals surface area contributed by atoms with Crippen molar-refractivity contribution in [2.24, 2.45) is 0 Å². The van der Waals surface area contributed by atoms with E-state index in [1.54, 1.807) is 21.3 Å². The van der Waals surface area contributed by atoms with E-state index in [-0.39, 0.29) is 12.2 Å². The molecule has 0 amide bonds. The van der Waals surface area contributed by atoms with Crippen molar-refractivity contribution in [3.63, 3.8) is 0 Å². The number of aliphatic hydroxyl groups is 1. The normalized spacial score (nSPS) is 31.5. The van der Waals surface area contributed by atoms with Gasteiger partial charge in [0.2, 0.25) is 0 Å². The number of nitrogens with zero attached hydrogens (tertiary/aromatic N) is 2. The van der Waals surface area contributed by atoms with Crippen LogP contribution in [0.3, 0.4) is 0 Å². The van der Waals surface area contributed by atoms with E-state index in [0.29, 0.717) is 74.4 Å². The zero-order chi connectivity index (χ0) is 33.1. The van der Waals surface area contributed by atoms with Gasteiger partial charge in [-0.1, -0.05) is 12.1 Å². The molecule has 0 radical (unpaired) electrons. The van der Waals surface area contributed by atoms with E-state index in [4.69, 9.17) is 23.7 Å². The molecule has 252 valence electrons. The zero-order valence-corrected chi connectivity index (χ0v) is 28.3. The van der Waals surface area contributed by atoms with Gasteiger partial charge in [0, 0.05) is 7.11 Å². The lowest BCUT2D eigenvalue weighted by Gasteiger charge is -2.54. The number of ether oxygens (including phenoxy) is 5. The van der Waals surface area contributed by atoms with Crippen LogP contribution in [0.25, 0.3) is 0 Å². The summed E-state index contributed by atoms with van der Waals surface area (Å²) < 4.78 is 30.2. The number of benzene rings is 2. The van der Waals surface area contributed by atoms with Gasteiger partial charge in [-0.3, -0.25) is 0 Å². The lowest BCUT2D eigenvalue weighted by molar-refractivity contribution is -0.205. The van der Waals surface area contributed by atoms with Gasteiger partial charge in [0.1, 0.15) is 0 Å². The number of rotatable bonds is 10. The molecule has 0 aromatic heterocycles. The molecule has 4 saturated carbocycles. The molecule has 0 bridgehead atoms. The smallest absolute Gasteiger partial charge is 0.161 e. The van der Waals surface area contributed by atoms with Gasteiger partial charge in [-0.2, -0.15) is 10.5 Å². The van der Waals surface area contributed by atoms with Crippen LogP contribution in [0.2, 0.25) is 0 Å². The van der Waals surface area contributed by atoms with Crippen LogP contribution in [0.15, 0.2) is 36.4 Å². The van der Waals surface area contributed by atoms with E-state index in [1.807, 2.05) is 36.4 Å². The summed E-state index contributed by atoms with van der Waals surface area (Å²) in [5, 5.41) is 33.5. The number of hydrogen-bond donors (Lipinski definition) is 1. The summed E-state index contributed by atoms with van der Waals surface area (Å²) in [5.74, 6) is 2.75. The Balaban J connectivity index is 1.19. The lowest BCUT2D eigenvalue weighted by atomic mass is 9.56. The molecule has 0 spiro atoms. The summed E-state index contributed by atoms with van der Waals surface area (Å²) in [5.41, 5.74) is -1.55. The predicted molar refractivity (Wildman–Crippen MR) is 178 cm³/mol. The second kappa shape index (κ2) is 13.6. The molecule has 6 rings (SSSR count). The largest absolute Gasteiger partial charge is 0.493 e. The Bertz CT molecular complexity index is 1480. The third kappa shape index (κ3) is 6.16. The van der Waals surface area contributed by atoms with E-state index in [2.05, 4.69) is 12.1 Å². The minimum absolute atomic E-state index is 0.173. The molecule has 0 saturated heterocycles. The molecule has 47 heavy (non-hydrogen) atoms. The predicted octanol–water partition coefficient (Wildman–Crippen LogP) is 7.83. The van der Waals surface area contributed by atoms with Crippen molar-refractivity contribution in [3.8, 4) is 35.1 Å². The fourth-order valence-electron chi connectivity index (χ4n) is 8.92. The highest BCUT2D eigenvalue weighted by Crippen LogP contribution is 2.55. The maximum absolute atomic E-state index is 12.3. The zero-order valence-electron chi connectivity index (χ0n) is 28.3. The van der Waals surface area contributed by atoms with E-state index in [9.17, 15) is 15.6 Å². The van der Waals surface area contributed by atoms with Gasteiger partial charge in [-0.15, -0.1) is 0 Å². The van der Waals surface area contributed by atoms with Crippen molar-refractivity contribution in [1.29, 1.82) is 10.5 Å². The molecule has 0 atom stereocenters. The Morgan fingerprint density at radius 2 is 1.00 bits per heavy atom. The van der Waals surface area contributed by atoms with Crippen LogP contribution < -0.4 is 18.9 Å². The van der Waals surface area contributed by atoms with Crippen LogP contribution in [-0.2, 0) is 15.6 Å². The molecule has 2 aromatic carbocycles. The van der Waals surface area contributed by atoms with Crippen LogP contribution >= 0.6 is 0 Å². The fourth-order valence-corrected chi connectivity index (χ4v) is 8.92. The van der Waals surface area contributed by atoms with E-state index >= 15 is 0 Å². The first-order valence-electron chi connectivity index (χ1n) is 17.6. The molecule has 0 unspecified atom stereocenters. The maximum Gasteiger partial charge on any atom is 0.161 e.